The van der Waals surface area contributed by atoms with Gasteiger partial charge in [0.1, 0.15) is 11.5 Å². The molecule has 2 N–H and O–H groups in total. The van der Waals surface area contributed by atoms with E-state index < -0.39 is 0 Å². The summed E-state index contributed by atoms with van der Waals surface area (Å²) in [6.07, 6.45) is 0.310. The zero-order valence-electron chi connectivity index (χ0n) is 8.78. The molecule has 82 valence electrons. The first kappa shape index (κ1) is 11.5. The van der Waals surface area contributed by atoms with Gasteiger partial charge in [-0.25, -0.2) is 0 Å². The zero-order valence-corrected chi connectivity index (χ0v) is 8.78. The van der Waals surface area contributed by atoms with Crippen LogP contribution in [0.1, 0.15) is 29.3 Å². The fourth-order valence-corrected chi connectivity index (χ4v) is 1.38. The van der Waals surface area contributed by atoms with Crippen molar-refractivity contribution < 1.29 is 19.7 Å². The smallest absolute Gasteiger partial charge is 0.166 e. The lowest BCUT2D eigenvalue weighted by atomic mass is 10.0. The van der Waals surface area contributed by atoms with E-state index in [1.807, 2.05) is 0 Å². The maximum absolute atomic E-state index is 11.4. The van der Waals surface area contributed by atoms with Crippen LogP contribution in [0.2, 0.25) is 0 Å². The number of ether oxygens (including phenoxy) is 1. The van der Waals surface area contributed by atoms with Crippen molar-refractivity contribution in [3.05, 3.63) is 23.3 Å². The summed E-state index contributed by atoms with van der Waals surface area (Å²) in [6, 6.07) is 3.06. The van der Waals surface area contributed by atoms with E-state index >= 15 is 0 Å². The molecule has 0 spiro atoms. The Morgan fingerprint density at radius 2 is 2.13 bits per heavy atom. The van der Waals surface area contributed by atoms with E-state index in [9.17, 15) is 9.90 Å². The molecule has 0 heterocycles. The molecule has 0 saturated heterocycles. The Kier molecular flexibility index (Phi) is 3.68. The molecule has 1 rings (SSSR count). The molecule has 0 aliphatic rings. The van der Waals surface area contributed by atoms with Crippen LogP contribution in [-0.2, 0) is 6.61 Å². The second kappa shape index (κ2) is 4.79. The third-order valence-corrected chi connectivity index (χ3v) is 2.24. The fraction of sp³-hybridized carbons (Fsp3) is 0.364. The molecular weight excluding hydrogens is 196 g/mol. The number of hydrogen-bond donors (Lipinski definition) is 2. The number of aliphatic hydroxyl groups is 1. The van der Waals surface area contributed by atoms with Crippen molar-refractivity contribution in [2.24, 2.45) is 0 Å². The van der Waals surface area contributed by atoms with Crippen LogP contribution in [0, 0.1) is 0 Å². The first-order valence-electron chi connectivity index (χ1n) is 4.68. The fourth-order valence-electron chi connectivity index (χ4n) is 1.38. The predicted octanol–water partition coefficient (Wildman–Crippen LogP) is 1.49. The van der Waals surface area contributed by atoms with Crippen LogP contribution in [0.4, 0.5) is 0 Å². The summed E-state index contributed by atoms with van der Waals surface area (Å²) in [7, 11) is 1.44. The van der Waals surface area contributed by atoms with Gasteiger partial charge in [-0.3, -0.25) is 4.79 Å². The van der Waals surface area contributed by atoms with E-state index in [0.29, 0.717) is 12.2 Å². The molecule has 1 aromatic rings. The SMILES string of the molecule is CCC(=O)c1ccc(OC)c(CO)c1O. The standard InChI is InChI=1S/C11H14O4/c1-3-9(13)7-4-5-10(15-2)8(6-12)11(7)14/h4-5,12,14H,3,6H2,1-2H3. The number of rotatable bonds is 4. The Morgan fingerprint density at radius 3 is 2.60 bits per heavy atom. The van der Waals surface area contributed by atoms with Crippen molar-refractivity contribution in [2.45, 2.75) is 20.0 Å². The highest BCUT2D eigenvalue weighted by molar-refractivity contribution is 5.99. The van der Waals surface area contributed by atoms with Gasteiger partial charge >= 0.3 is 0 Å². The van der Waals surface area contributed by atoms with Crippen molar-refractivity contribution in [2.75, 3.05) is 7.11 Å². The van der Waals surface area contributed by atoms with Crippen LogP contribution in [0.5, 0.6) is 11.5 Å². The lowest BCUT2D eigenvalue weighted by Gasteiger charge is -2.11. The minimum absolute atomic E-state index is 0.162. The van der Waals surface area contributed by atoms with Gasteiger partial charge in [0.15, 0.2) is 5.78 Å². The maximum Gasteiger partial charge on any atom is 0.166 e. The lowest BCUT2D eigenvalue weighted by molar-refractivity contribution is 0.0985. The van der Waals surface area contributed by atoms with Crippen molar-refractivity contribution >= 4 is 5.78 Å². The van der Waals surface area contributed by atoms with Crippen LogP contribution >= 0.6 is 0 Å². The molecule has 0 aliphatic carbocycles. The van der Waals surface area contributed by atoms with Gasteiger partial charge in [0, 0.05) is 6.42 Å². The van der Waals surface area contributed by atoms with E-state index in [1.165, 1.54) is 13.2 Å². The van der Waals surface area contributed by atoms with Gasteiger partial charge in [0.2, 0.25) is 0 Å². The Hall–Kier alpha value is -1.55. The summed E-state index contributed by atoms with van der Waals surface area (Å²) in [6.45, 7) is 1.35. The number of phenols is 1. The Morgan fingerprint density at radius 1 is 1.47 bits per heavy atom. The average molecular weight is 210 g/mol. The van der Waals surface area contributed by atoms with E-state index in [0.717, 1.165) is 0 Å². The number of carbonyl (C=O) groups excluding carboxylic acids is 1. The number of Topliss-reactive ketones (excluding diaryl/α,β-unsaturated/α-hetero) is 1. The summed E-state index contributed by atoms with van der Waals surface area (Å²) in [4.78, 5) is 11.4. The average Bonchev–Trinajstić information content (AvgIpc) is 2.27. The van der Waals surface area contributed by atoms with E-state index in [-0.39, 0.29) is 29.3 Å². The Labute approximate surface area is 88.1 Å². The van der Waals surface area contributed by atoms with E-state index in [1.54, 1.807) is 13.0 Å². The van der Waals surface area contributed by atoms with Crippen LogP contribution < -0.4 is 4.74 Å². The highest BCUT2D eigenvalue weighted by Crippen LogP contribution is 2.31. The molecule has 0 aromatic heterocycles. The summed E-state index contributed by atoms with van der Waals surface area (Å²) in [5.74, 6) is 0.0243. The molecule has 0 amide bonds. The zero-order chi connectivity index (χ0) is 11.4. The highest BCUT2D eigenvalue weighted by Gasteiger charge is 2.16. The molecule has 0 atom stereocenters. The number of methoxy groups -OCH3 is 1. The second-order valence-corrected chi connectivity index (χ2v) is 3.08. The van der Waals surface area contributed by atoms with E-state index in [4.69, 9.17) is 9.84 Å². The molecular formula is C11H14O4. The number of hydrogen-bond acceptors (Lipinski definition) is 4. The van der Waals surface area contributed by atoms with Gasteiger partial charge in [-0.15, -0.1) is 0 Å². The molecule has 4 heteroatoms. The number of carbonyl (C=O) groups is 1. The van der Waals surface area contributed by atoms with Gasteiger partial charge in [-0.05, 0) is 12.1 Å². The monoisotopic (exact) mass is 210 g/mol. The van der Waals surface area contributed by atoms with Crippen LogP contribution in [0.3, 0.4) is 0 Å². The number of benzene rings is 1. The predicted molar refractivity (Wildman–Crippen MR) is 55.2 cm³/mol. The van der Waals surface area contributed by atoms with Crippen molar-refractivity contribution in [1.29, 1.82) is 0 Å². The summed E-state index contributed by atoms with van der Waals surface area (Å²) < 4.78 is 4.95. The summed E-state index contributed by atoms with van der Waals surface area (Å²) >= 11 is 0. The molecule has 15 heavy (non-hydrogen) atoms. The third-order valence-electron chi connectivity index (χ3n) is 2.24. The van der Waals surface area contributed by atoms with Crippen molar-refractivity contribution in [1.82, 2.24) is 0 Å². The quantitative estimate of drug-likeness (QED) is 0.739. The number of aliphatic hydroxyl groups excluding tert-OH is 1. The van der Waals surface area contributed by atoms with Gasteiger partial charge in [-0.2, -0.15) is 0 Å². The van der Waals surface area contributed by atoms with E-state index in [2.05, 4.69) is 0 Å². The van der Waals surface area contributed by atoms with Crippen LogP contribution in [-0.4, -0.2) is 23.1 Å². The van der Waals surface area contributed by atoms with Crippen molar-refractivity contribution in [3.8, 4) is 11.5 Å². The van der Waals surface area contributed by atoms with Crippen molar-refractivity contribution in [3.63, 3.8) is 0 Å². The van der Waals surface area contributed by atoms with Gasteiger partial charge < -0.3 is 14.9 Å². The first-order valence-corrected chi connectivity index (χ1v) is 4.68. The molecule has 0 bridgehead atoms. The van der Waals surface area contributed by atoms with Gasteiger partial charge in [-0.1, -0.05) is 6.92 Å². The molecule has 0 unspecified atom stereocenters. The van der Waals surface area contributed by atoms with Crippen LogP contribution in [0.25, 0.3) is 0 Å². The summed E-state index contributed by atoms with van der Waals surface area (Å²) in [5.41, 5.74) is 0.471. The Balaban J connectivity index is 3.29. The van der Waals surface area contributed by atoms with Gasteiger partial charge in [0.05, 0.1) is 24.8 Å². The molecule has 1 aromatic carbocycles. The molecule has 4 nitrogen and oxygen atoms in total. The lowest BCUT2D eigenvalue weighted by Crippen LogP contribution is -2.01. The topological polar surface area (TPSA) is 66.8 Å². The largest absolute Gasteiger partial charge is 0.507 e. The Bertz CT molecular complexity index is 371. The summed E-state index contributed by atoms with van der Waals surface area (Å²) in [5, 5.41) is 18.8. The second-order valence-electron chi connectivity index (χ2n) is 3.08. The third kappa shape index (κ3) is 2.10. The molecule has 0 fully saturated rings. The minimum atomic E-state index is -0.361. The van der Waals surface area contributed by atoms with Gasteiger partial charge in [0.25, 0.3) is 0 Å². The minimum Gasteiger partial charge on any atom is -0.507 e. The molecule has 0 saturated carbocycles. The number of aromatic hydroxyl groups is 1. The molecule has 0 aliphatic heterocycles. The van der Waals surface area contributed by atoms with Crippen LogP contribution in [0.15, 0.2) is 12.1 Å². The highest BCUT2D eigenvalue weighted by atomic mass is 16.5. The number of ketones is 1. The normalized spacial score (nSPS) is 10.1. The molecule has 0 radical (unpaired) electrons. The first-order chi connectivity index (χ1) is 7.15. The maximum atomic E-state index is 11.4.